The molecule has 0 saturated carbocycles. The molecular formula is C15H9N3S. The number of fused-ring (bicyclic) bond motifs is 1. The van der Waals surface area contributed by atoms with E-state index in [-0.39, 0.29) is 0 Å². The molecule has 90 valence electrons. The van der Waals surface area contributed by atoms with E-state index in [9.17, 15) is 0 Å². The SMILES string of the molecule is N#Cc1csc(N=Nc2cccc3ccccc23)c1. The van der Waals surface area contributed by atoms with E-state index in [1.165, 1.54) is 11.3 Å². The highest BCUT2D eigenvalue weighted by Gasteiger charge is 2.00. The first kappa shape index (κ1) is 11.6. The van der Waals surface area contributed by atoms with Gasteiger partial charge in [0.05, 0.1) is 11.3 Å². The fraction of sp³-hybridized carbons (Fsp3) is 0. The van der Waals surface area contributed by atoms with Gasteiger partial charge in [0.25, 0.3) is 0 Å². The minimum Gasteiger partial charge on any atom is -0.192 e. The maximum absolute atomic E-state index is 8.76. The number of hydrogen-bond acceptors (Lipinski definition) is 4. The maximum Gasteiger partial charge on any atom is 0.140 e. The van der Waals surface area contributed by atoms with Crippen LogP contribution in [0.2, 0.25) is 0 Å². The number of rotatable bonds is 2. The van der Waals surface area contributed by atoms with Gasteiger partial charge in [-0.3, -0.25) is 0 Å². The van der Waals surface area contributed by atoms with Gasteiger partial charge in [0.15, 0.2) is 0 Å². The van der Waals surface area contributed by atoms with Gasteiger partial charge in [-0.15, -0.1) is 21.6 Å². The Kier molecular flexibility index (Phi) is 3.05. The highest BCUT2D eigenvalue weighted by molar-refractivity contribution is 7.14. The fourth-order valence-electron chi connectivity index (χ4n) is 1.83. The van der Waals surface area contributed by atoms with Gasteiger partial charge in [-0.1, -0.05) is 36.4 Å². The summed E-state index contributed by atoms with van der Waals surface area (Å²) in [7, 11) is 0. The summed E-state index contributed by atoms with van der Waals surface area (Å²) in [6, 6.07) is 17.8. The topological polar surface area (TPSA) is 48.5 Å². The minimum absolute atomic E-state index is 0.622. The molecule has 3 aromatic rings. The van der Waals surface area contributed by atoms with E-state index in [2.05, 4.69) is 16.3 Å². The van der Waals surface area contributed by atoms with Crippen LogP contribution in [0.3, 0.4) is 0 Å². The first-order valence-corrected chi connectivity index (χ1v) is 6.63. The molecule has 0 radical (unpaired) electrons. The predicted molar refractivity (Wildman–Crippen MR) is 77.2 cm³/mol. The van der Waals surface area contributed by atoms with E-state index >= 15 is 0 Å². The fourth-order valence-corrected chi connectivity index (χ4v) is 2.49. The summed E-state index contributed by atoms with van der Waals surface area (Å²) in [6.45, 7) is 0. The molecule has 1 aromatic heterocycles. The normalized spacial score (nSPS) is 10.9. The summed E-state index contributed by atoms with van der Waals surface area (Å²) >= 11 is 1.42. The van der Waals surface area contributed by atoms with Crippen molar-refractivity contribution < 1.29 is 0 Å². The second kappa shape index (κ2) is 5.01. The van der Waals surface area contributed by atoms with Crippen LogP contribution in [-0.4, -0.2) is 0 Å². The van der Waals surface area contributed by atoms with Gasteiger partial charge in [-0.05, 0) is 17.5 Å². The van der Waals surface area contributed by atoms with Gasteiger partial charge in [0.2, 0.25) is 0 Å². The summed E-state index contributed by atoms with van der Waals surface area (Å²) in [6.07, 6.45) is 0. The Bertz CT molecular complexity index is 791. The number of benzene rings is 2. The van der Waals surface area contributed by atoms with Crippen LogP contribution in [0.4, 0.5) is 10.7 Å². The van der Waals surface area contributed by atoms with Crippen LogP contribution in [0, 0.1) is 11.3 Å². The third kappa shape index (κ3) is 2.37. The molecule has 0 saturated heterocycles. The molecule has 0 fully saturated rings. The van der Waals surface area contributed by atoms with Crippen molar-refractivity contribution >= 4 is 32.8 Å². The number of thiophene rings is 1. The van der Waals surface area contributed by atoms with E-state index in [1.807, 2.05) is 42.5 Å². The number of azo groups is 1. The molecule has 0 aliphatic carbocycles. The van der Waals surface area contributed by atoms with Gasteiger partial charge in [0.1, 0.15) is 11.1 Å². The Labute approximate surface area is 114 Å². The molecule has 1 heterocycles. The van der Waals surface area contributed by atoms with Crippen molar-refractivity contribution in [2.24, 2.45) is 10.2 Å². The van der Waals surface area contributed by atoms with Crippen molar-refractivity contribution in [1.82, 2.24) is 0 Å². The molecular weight excluding hydrogens is 254 g/mol. The van der Waals surface area contributed by atoms with Crippen LogP contribution >= 0.6 is 11.3 Å². The second-order valence-electron chi connectivity index (χ2n) is 3.98. The zero-order chi connectivity index (χ0) is 13.1. The average molecular weight is 263 g/mol. The summed E-state index contributed by atoms with van der Waals surface area (Å²) in [5, 5.41) is 22.0. The summed E-state index contributed by atoms with van der Waals surface area (Å²) in [5.41, 5.74) is 1.46. The van der Waals surface area contributed by atoms with Crippen LogP contribution in [-0.2, 0) is 0 Å². The molecule has 0 aliphatic rings. The number of hydrogen-bond donors (Lipinski definition) is 0. The van der Waals surface area contributed by atoms with Gasteiger partial charge >= 0.3 is 0 Å². The van der Waals surface area contributed by atoms with Crippen LogP contribution in [0.1, 0.15) is 5.56 Å². The van der Waals surface area contributed by atoms with Gasteiger partial charge in [-0.25, -0.2) is 0 Å². The van der Waals surface area contributed by atoms with E-state index in [0.717, 1.165) is 21.5 Å². The van der Waals surface area contributed by atoms with Gasteiger partial charge < -0.3 is 0 Å². The van der Waals surface area contributed by atoms with E-state index < -0.39 is 0 Å². The van der Waals surface area contributed by atoms with E-state index in [4.69, 9.17) is 5.26 Å². The number of nitriles is 1. The van der Waals surface area contributed by atoms with Gasteiger partial charge in [-0.2, -0.15) is 5.26 Å². The molecule has 0 atom stereocenters. The molecule has 0 unspecified atom stereocenters. The molecule has 0 aliphatic heterocycles. The van der Waals surface area contributed by atoms with Crippen molar-refractivity contribution in [3.63, 3.8) is 0 Å². The smallest absolute Gasteiger partial charge is 0.140 e. The summed E-state index contributed by atoms with van der Waals surface area (Å²) in [4.78, 5) is 0. The lowest BCUT2D eigenvalue weighted by Crippen LogP contribution is -1.71. The van der Waals surface area contributed by atoms with Crippen LogP contribution in [0.5, 0.6) is 0 Å². The Morgan fingerprint density at radius 1 is 1.00 bits per heavy atom. The summed E-state index contributed by atoms with van der Waals surface area (Å²) in [5.74, 6) is 0. The van der Waals surface area contributed by atoms with Crippen molar-refractivity contribution in [3.8, 4) is 6.07 Å². The van der Waals surface area contributed by atoms with E-state index in [0.29, 0.717) is 5.56 Å². The Balaban J connectivity index is 1.99. The lowest BCUT2D eigenvalue weighted by atomic mass is 10.1. The van der Waals surface area contributed by atoms with Crippen LogP contribution in [0.25, 0.3) is 10.8 Å². The third-order valence-electron chi connectivity index (χ3n) is 2.74. The Morgan fingerprint density at radius 3 is 2.68 bits per heavy atom. The Morgan fingerprint density at radius 2 is 1.84 bits per heavy atom. The van der Waals surface area contributed by atoms with Crippen LogP contribution in [0.15, 0.2) is 64.1 Å². The third-order valence-corrected chi connectivity index (χ3v) is 3.55. The molecule has 19 heavy (non-hydrogen) atoms. The molecule has 0 N–H and O–H groups in total. The monoisotopic (exact) mass is 263 g/mol. The van der Waals surface area contributed by atoms with Crippen LogP contribution < -0.4 is 0 Å². The van der Waals surface area contributed by atoms with Gasteiger partial charge in [0, 0.05) is 10.8 Å². The highest BCUT2D eigenvalue weighted by atomic mass is 32.1. The lowest BCUT2D eigenvalue weighted by Gasteiger charge is -1.99. The molecule has 2 aromatic carbocycles. The van der Waals surface area contributed by atoms with Crippen molar-refractivity contribution in [1.29, 1.82) is 5.26 Å². The zero-order valence-electron chi connectivity index (χ0n) is 9.95. The largest absolute Gasteiger partial charge is 0.192 e. The number of nitrogens with zero attached hydrogens (tertiary/aromatic N) is 3. The van der Waals surface area contributed by atoms with E-state index in [1.54, 1.807) is 11.4 Å². The molecule has 3 rings (SSSR count). The van der Waals surface area contributed by atoms with Crippen molar-refractivity contribution in [3.05, 3.63) is 59.5 Å². The Hall–Kier alpha value is -2.51. The molecule has 3 nitrogen and oxygen atoms in total. The van der Waals surface area contributed by atoms with Crippen molar-refractivity contribution in [2.75, 3.05) is 0 Å². The molecule has 0 spiro atoms. The lowest BCUT2D eigenvalue weighted by molar-refractivity contribution is 1.27. The summed E-state index contributed by atoms with van der Waals surface area (Å²) < 4.78 is 0. The molecule has 4 heteroatoms. The highest BCUT2D eigenvalue weighted by Crippen LogP contribution is 2.29. The standard InChI is InChI=1S/C15H9N3S/c16-9-11-8-15(19-10-11)18-17-14-7-3-5-12-4-1-2-6-13(12)14/h1-8,10H. The zero-order valence-corrected chi connectivity index (χ0v) is 10.8. The minimum atomic E-state index is 0.622. The van der Waals surface area contributed by atoms with Crippen molar-refractivity contribution in [2.45, 2.75) is 0 Å². The first-order valence-electron chi connectivity index (χ1n) is 5.75. The predicted octanol–water partition coefficient (Wildman–Crippen LogP) is 5.19. The molecule has 0 amide bonds. The second-order valence-corrected chi connectivity index (χ2v) is 4.87. The maximum atomic E-state index is 8.76. The average Bonchev–Trinajstić information content (AvgIpc) is 2.93. The quantitative estimate of drug-likeness (QED) is 0.587. The first-order chi connectivity index (χ1) is 9.36. The molecule has 0 bridgehead atoms.